The third-order valence-electron chi connectivity index (χ3n) is 4.75. The normalized spacial score (nSPS) is 28.6. The van der Waals surface area contributed by atoms with Crippen LogP contribution in [-0.2, 0) is 6.42 Å². The number of hydrogen-bond donors (Lipinski definition) is 0. The average Bonchev–Trinajstić information content (AvgIpc) is 2.74. The van der Waals surface area contributed by atoms with Crippen LogP contribution in [0, 0.1) is 23.7 Å². The number of nitrogens with zero attached hydrogens (tertiary/aromatic N) is 1. The summed E-state index contributed by atoms with van der Waals surface area (Å²) >= 11 is 5.61. The summed E-state index contributed by atoms with van der Waals surface area (Å²) in [5, 5.41) is 4.62. The van der Waals surface area contributed by atoms with Crippen LogP contribution in [0.4, 0.5) is 0 Å². The van der Waals surface area contributed by atoms with Crippen molar-refractivity contribution in [2.75, 3.05) is 5.33 Å². The third kappa shape index (κ3) is 3.81. The number of halogens is 1. The highest BCUT2D eigenvalue weighted by Gasteiger charge is 2.38. The Hall–Kier alpha value is 0.110. The molecular formula is C16H26BrNS. The van der Waals surface area contributed by atoms with Crippen LogP contribution in [0.3, 0.4) is 0 Å². The molecule has 108 valence electrons. The molecule has 0 aromatic carbocycles. The predicted molar refractivity (Wildman–Crippen MR) is 88.2 cm³/mol. The molecule has 1 nitrogen and oxygen atoms in total. The summed E-state index contributed by atoms with van der Waals surface area (Å²) in [5.74, 6) is 0.887. The van der Waals surface area contributed by atoms with E-state index in [-0.39, 0.29) is 0 Å². The van der Waals surface area contributed by atoms with Crippen LogP contribution in [0.2, 0.25) is 0 Å². The zero-order chi connectivity index (χ0) is 14.1. The molecule has 0 amide bonds. The van der Waals surface area contributed by atoms with Crippen LogP contribution in [-0.4, -0.2) is 10.3 Å². The van der Waals surface area contributed by atoms with Gasteiger partial charge in [0.15, 0.2) is 0 Å². The Balaban J connectivity index is 2.02. The fourth-order valence-electron chi connectivity index (χ4n) is 3.26. The van der Waals surface area contributed by atoms with Crippen molar-refractivity contribution in [2.24, 2.45) is 16.7 Å². The summed E-state index contributed by atoms with van der Waals surface area (Å²) in [6, 6.07) is 0. The van der Waals surface area contributed by atoms with E-state index in [0.717, 1.165) is 17.7 Å². The van der Waals surface area contributed by atoms with E-state index >= 15 is 0 Å². The van der Waals surface area contributed by atoms with Crippen LogP contribution >= 0.6 is 27.3 Å². The second-order valence-electron chi connectivity index (χ2n) is 7.33. The number of alkyl halides is 1. The van der Waals surface area contributed by atoms with Crippen molar-refractivity contribution in [2.45, 2.75) is 59.8 Å². The quantitative estimate of drug-likeness (QED) is 0.649. The molecule has 0 saturated heterocycles. The minimum atomic E-state index is 0.450. The van der Waals surface area contributed by atoms with Crippen molar-refractivity contribution in [1.29, 1.82) is 0 Å². The van der Waals surface area contributed by atoms with Crippen LogP contribution in [0.15, 0.2) is 5.38 Å². The van der Waals surface area contributed by atoms with Crippen molar-refractivity contribution in [3.63, 3.8) is 0 Å². The summed E-state index contributed by atoms with van der Waals surface area (Å²) in [5.41, 5.74) is 2.09. The Bertz CT molecular complexity index is 411. The molecule has 1 heterocycles. The minimum absolute atomic E-state index is 0.450. The maximum absolute atomic E-state index is 4.66. The van der Waals surface area contributed by atoms with Crippen molar-refractivity contribution < 1.29 is 0 Å². The van der Waals surface area contributed by atoms with E-state index in [0.29, 0.717) is 10.8 Å². The lowest BCUT2D eigenvalue weighted by Crippen LogP contribution is -2.35. The Labute approximate surface area is 130 Å². The van der Waals surface area contributed by atoms with Crippen LogP contribution in [0.1, 0.15) is 57.2 Å². The van der Waals surface area contributed by atoms with Crippen molar-refractivity contribution in [3.05, 3.63) is 16.1 Å². The highest BCUT2D eigenvalue weighted by molar-refractivity contribution is 9.09. The second kappa shape index (κ2) is 5.85. The summed E-state index contributed by atoms with van der Waals surface area (Å²) in [7, 11) is 0. The van der Waals surface area contributed by atoms with Gasteiger partial charge in [0.25, 0.3) is 0 Å². The summed E-state index contributed by atoms with van der Waals surface area (Å²) < 4.78 is 0. The number of rotatable bonds is 3. The molecule has 1 aromatic heterocycles. The Kier molecular flexibility index (Phi) is 4.77. The SMILES string of the molecule is Cc1csc(CC2(CBr)CCC(C(C)(C)C)CC2)n1. The van der Waals surface area contributed by atoms with Gasteiger partial charge in [-0.25, -0.2) is 4.98 Å². The van der Waals surface area contributed by atoms with E-state index in [1.165, 1.54) is 36.4 Å². The van der Waals surface area contributed by atoms with E-state index < -0.39 is 0 Å². The Morgan fingerprint density at radius 3 is 2.42 bits per heavy atom. The lowest BCUT2D eigenvalue weighted by Gasteiger charge is -2.43. The first-order valence-electron chi connectivity index (χ1n) is 7.32. The molecule has 0 aliphatic heterocycles. The van der Waals surface area contributed by atoms with Crippen LogP contribution in [0.5, 0.6) is 0 Å². The van der Waals surface area contributed by atoms with Crippen molar-refractivity contribution in [1.82, 2.24) is 4.98 Å². The van der Waals surface area contributed by atoms with Gasteiger partial charge < -0.3 is 0 Å². The fourth-order valence-corrected chi connectivity index (χ4v) is 4.96. The van der Waals surface area contributed by atoms with E-state index in [1.807, 2.05) is 11.3 Å². The van der Waals surface area contributed by atoms with E-state index in [4.69, 9.17) is 0 Å². The van der Waals surface area contributed by atoms with Crippen LogP contribution in [0.25, 0.3) is 0 Å². The standard InChI is InChI=1S/C16H26BrNS/c1-12-10-19-14(18-12)9-16(11-17)7-5-13(6-8-16)15(2,3)4/h10,13H,5-9,11H2,1-4H3. The van der Waals surface area contributed by atoms with Crippen LogP contribution < -0.4 is 0 Å². The smallest absolute Gasteiger partial charge is 0.0933 e. The van der Waals surface area contributed by atoms with Gasteiger partial charge in [-0.1, -0.05) is 36.7 Å². The first-order valence-corrected chi connectivity index (χ1v) is 9.32. The first kappa shape index (κ1) is 15.5. The molecule has 1 fully saturated rings. The Morgan fingerprint density at radius 2 is 2.00 bits per heavy atom. The molecule has 1 aliphatic rings. The molecule has 3 heteroatoms. The minimum Gasteiger partial charge on any atom is -0.247 e. The number of aromatic nitrogens is 1. The van der Waals surface area contributed by atoms with E-state index in [1.54, 1.807) is 0 Å². The maximum Gasteiger partial charge on any atom is 0.0933 e. The topological polar surface area (TPSA) is 12.9 Å². The summed E-state index contributed by atoms with van der Waals surface area (Å²) in [6.07, 6.45) is 6.60. The van der Waals surface area contributed by atoms with Gasteiger partial charge in [0.05, 0.1) is 5.01 Å². The molecule has 1 aromatic rings. The largest absolute Gasteiger partial charge is 0.247 e. The van der Waals surface area contributed by atoms with Gasteiger partial charge in [0, 0.05) is 22.8 Å². The van der Waals surface area contributed by atoms with Crippen molar-refractivity contribution in [3.8, 4) is 0 Å². The number of hydrogen-bond acceptors (Lipinski definition) is 2. The summed E-state index contributed by atoms with van der Waals surface area (Å²) in [6.45, 7) is 9.27. The monoisotopic (exact) mass is 343 g/mol. The van der Waals surface area contributed by atoms with Gasteiger partial charge in [-0.2, -0.15) is 0 Å². The van der Waals surface area contributed by atoms with Gasteiger partial charge in [-0.15, -0.1) is 11.3 Å². The lowest BCUT2D eigenvalue weighted by atomic mass is 9.64. The molecule has 1 aliphatic carbocycles. The maximum atomic E-state index is 4.66. The molecule has 0 N–H and O–H groups in total. The Morgan fingerprint density at radius 1 is 1.37 bits per heavy atom. The van der Waals surface area contributed by atoms with Gasteiger partial charge in [-0.3, -0.25) is 0 Å². The molecule has 0 unspecified atom stereocenters. The highest BCUT2D eigenvalue weighted by Crippen LogP contribution is 2.47. The van der Waals surface area contributed by atoms with Gasteiger partial charge in [-0.05, 0) is 49.4 Å². The molecule has 1 saturated carbocycles. The third-order valence-corrected chi connectivity index (χ3v) is 6.90. The zero-order valence-corrected chi connectivity index (χ0v) is 15.0. The first-order chi connectivity index (χ1) is 8.85. The molecule has 19 heavy (non-hydrogen) atoms. The van der Waals surface area contributed by atoms with E-state index in [2.05, 4.69) is 54.0 Å². The van der Waals surface area contributed by atoms with Gasteiger partial charge in [0.1, 0.15) is 0 Å². The number of thiazole rings is 1. The molecule has 0 spiro atoms. The predicted octanol–water partition coefficient (Wildman–Crippen LogP) is 5.61. The highest BCUT2D eigenvalue weighted by atomic mass is 79.9. The van der Waals surface area contributed by atoms with Crippen molar-refractivity contribution >= 4 is 27.3 Å². The van der Waals surface area contributed by atoms with Gasteiger partial charge >= 0.3 is 0 Å². The fraction of sp³-hybridized carbons (Fsp3) is 0.812. The lowest BCUT2D eigenvalue weighted by molar-refractivity contribution is 0.103. The average molecular weight is 344 g/mol. The second-order valence-corrected chi connectivity index (χ2v) is 8.84. The van der Waals surface area contributed by atoms with Gasteiger partial charge in [0.2, 0.25) is 0 Å². The van der Waals surface area contributed by atoms with E-state index in [9.17, 15) is 0 Å². The molecule has 0 atom stereocenters. The molecule has 0 radical (unpaired) electrons. The number of aryl methyl sites for hydroxylation is 1. The molecule has 0 bridgehead atoms. The zero-order valence-electron chi connectivity index (χ0n) is 12.6. The molecule has 2 rings (SSSR count). The molecular weight excluding hydrogens is 318 g/mol. The summed E-state index contributed by atoms with van der Waals surface area (Å²) in [4.78, 5) is 4.66.